The van der Waals surface area contributed by atoms with E-state index in [-0.39, 0.29) is 6.01 Å². The second kappa shape index (κ2) is 4.97. The van der Waals surface area contributed by atoms with Crippen molar-refractivity contribution >= 4 is 28.6 Å². The molecule has 0 atom stereocenters. The van der Waals surface area contributed by atoms with Crippen LogP contribution in [0.2, 0.25) is 5.02 Å². The largest absolute Gasteiger partial charge is 0.415 e. The molecule has 0 bridgehead atoms. The molecule has 0 aliphatic heterocycles. The molecule has 0 spiro atoms. The molecule has 1 N–H and O–H groups in total. The third-order valence-electron chi connectivity index (χ3n) is 2.06. The Morgan fingerprint density at radius 2 is 2.35 bits per heavy atom. The molecule has 17 heavy (non-hydrogen) atoms. The van der Waals surface area contributed by atoms with E-state index in [2.05, 4.69) is 15.3 Å². The molecular weight excluding hydrogens is 242 g/mol. The van der Waals surface area contributed by atoms with Crippen LogP contribution in [0.25, 0.3) is 10.9 Å². The second-order valence-corrected chi connectivity index (χ2v) is 3.65. The minimum Gasteiger partial charge on any atom is -0.374 e. The maximum absolute atomic E-state index is 11.2. The summed E-state index contributed by atoms with van der Waals surface area (Å²) in [4.78, 5) is 19.2. The zero-order valence-electron chi connectivity index (χ0n) is 9.11. The van der Waals surface area contributed by atoms with Crippen molar-refractivity contribution in [2.45, 2.75) is 6.92 Å². The van der Waals surface area contributed by atoms with Gasteiger partial charge in [0, 0.05) is 18.1 Å². The molecule has 2 rings (SSSR count). The Balaban J connectivity index is 2.29. The number of amides is 1. The molecule has 0 saturated carbocycles. The van der Waals surface area contributed by atoms with E-state index in [1.54, 1.807) is 25.1 Å². The van der Waals surface area contributed by atoms with Crippen LogP contribution in [0, 0.1) is 0 Å². The van der Waals surface area contributed by atoms with E-state index in [4.69, 9.17) is 16.3 Å². The highest BCUT2D eigenvalue weighted by Crippen LogP contribution is 2.22. The summed E-state index contributed by atoms with van der Waals surface area (Å²) in [6, 6.07) is 5.30. The van der Waals surface area contributed by atoms with Crippen LogP contribution in [-0.2, 0) is 0 Å². The fourth-order valence-electron chi connectivity index (χ4n) is 1.32. The van der Waals surface area contributed by atoms with Gasteiger partial charge in [-0.15, -0.1) is 0 Å². The molecule has 88 valence electrons. The van der Waals surface area contributed by atoms with Gasteiger partial charge in [-0.25, -0.2) is 9.78 Å². The number of fused-ring (bicyclic) bond motifs is 1. The Bertz CT molecular complexity index is 559. The Kier molecular flexibility index (Phi) is 3.39. The third kappa shape index (κ3) is 2.62. The zero-order chi connectivity index (χ0) is 12.3. The molecule has 0 unspecified atom stereocenters. The molecule has 0 aliphatic rings. The first-order valence-corrected chi connectivity index (χ1v) is 5.45. The topological polar surface area (TPSA) is 64.1 Å². The minimum absolute atomic E-state index is 0.00529. The first-order valence-electron chi connectivity index (χ1n) is 5.07. The quantitative estimate of drug-likeness (QED) is 0.890. The number of benzene rings is 1. The molecule has 6 heteroatoms. The molecule has 0 radical (unpaired) electrons. The number of carbonyl (C=O) groups excluding carboxylic acids is 1. The number of nitrogens with one attached hydrogen (secondary N) is 1. The summed E-state index contributed by atoms with van der Waals surface area (Å²) in [5.41, 5.74) is 0.631. The van der Waals surface area contributed by atoms with Crippen LogP contribution in [0.3, 0.4) is 0 Å². The molecule has 1 heterocycles. The maximum atomic E-state index is 11.2. The van der Waals surface area contributed by atoms with E-state index in [0.717, 1.165) is 5.39 Å². The molecule has 1 aromatic carbocycles. The highest BCUT2D eigenvalue weighted by molar-refractivity contribution is 6.35. The predicted molar refractivity (Wildman–Crippen MR) is 64.2 cm³/mol. The highest BCUT2D eigenvalue weighted by Gasteiger charge is 2.07. The van der Waals surface area contributed by atoms with Gasteiger partial charge in [0.2, 0.25) is 0 Å². The summed E-state index contributed by atoms with van der Waals surface area (Å²) in [6.07, 6.45) is 0.952. The van der Waals surface area contributed by atoms with Gasteiger partial charge in [-0.3, -0.25) is 0 Å². The van der Waals surface area contributed by atoms with Gasteiger partial charge in [-0.2, -0.15) is 4.98 Å². The number of aromatic nitrogens is 2. The maximum Gasteiger partial charge on any atom is 0.415 e. The van der Waals surface area contributed by atoms with E-state index in [0.29, 0.717) is 17.1 Å². The number of halogens is 1. The van der Waals surface area contributed by atoms with Gasteiger partial charge in [-0.1, -0.05) is 17.7 Å². The first kappa shape index (κ1) is 11.6. The van der Waals surface area contributed by atoms with Crippen LogP contribution in [-0.4, -0.2) is 22.6 Å². The summed E-state index contributed by atoms with van der Waals surface area (Å²) >= 11 is 5.96. The summed E-state index contributed by atoms with van der Waals surface area (Å²) in [5.74, 6) is 0. The van der Waals surface area contributed by atoms with Crippen molar-refractivity contribution in [1.82, 2.24) is 15.3 Å². The van der Waals surface area contributed by atoms with E-state index in [1.165, 1.54) is 6.20 Å². The van der Waals surface area contributed by atoms with Crippen LogP contribution in [0.15, 0.2) is 24.4 Å². The summed E-state index contributed by atoms with van der Waals surface area (Å²) < 4.78 is 4.89. The molecule has 2 aromatic rings. The van der Waals surface area contributed by atoms with Gasteiger partial charge < -0.3 is 10.1 Å². The number of ether oxygens (including phenoxy) is 1. The average molecular weight is 252 g/mol. The predicted octanol–water partition coefficient (Wildman–Crippen LogP) is 2.39. The fraction of sp³-hybridized carbons (Fsp3) is 0.182. The van der Waals surface area contributed by atoms with Crippen LogP contribution < -0.4 is 10.1 Å². The van der Waals surface area contributed by atoms with E-state index < -0.39 is 6.09 Å². The molecule has 1 aromatic heterocycles. The van der Waals surface area contributed by atoms with Gasteiger partial charge >= 0.3 is 12.1 Å². The number of hydrogen-bond acceptors (Lipinski definition) is 4. The van der Waals surface area contributed by atoms with Crippen molar-refractivity contribution in [2.24, 2.45) is 0 Å². The third-order valence-corrected chi connectivity index (χ3v) is 2.38. The Morgan fingerprint density at radius 1 is 1.53 bits per heavy atom. The average Bonchev–Trinajstić information content (AvgIpc) is 2.29. The van der Waals surface area contributed by atoms with Crippen molar-refractivity contribution in [3.05, 3.63) is 29.4 Å². The second-order valence-electron chi connectivity index (χ2n) is 3.25. The lowest BCUT2D eigenvalue weighted by atomic mass is 10.2. The van der Waals surface area contributed by atoms with E-state index >= 15 is 0 Å². The van der Waals surface area contributed by atoms with Gasteiger partial charge in [0.25, 0.3) is 0 Å². The lowest BCUT2D eigenvalue weighted by Gasteiger charge is -2.04. The SMILES string of the molecule is CCNC(=O)Oc1ncc2c(Cl)cccc2n1. The Hall–Kier alpha value is -1.88. The van der Waals surface area contributed by atoms with E-state index in [1.807, 2.05) is 0 Å². The summed E-state index contributed by atoms with van der Waals surface area (Å²) in [7, 11) is 0. The molecule has 0 aliphatic carbocycles. The number of nitrogens with zero attached hydrogens (tertiary/aromatic N) is 2. The van der Waals surface area contributed by atoms with Gasteiger partial charge in [-0.05, 0) is 19.1 Å². The molecule has 0 fully saturated rings. The standard InChI is InChI=1S/C11H10ClN3O2/c1-2-13-11(16)17-10-14-6-7-8(12)4-3-5-9(7)15-10/h3-6H,2H2,1H3,(H,13,16). The summed E-state index contributed by atoms with van der Waals surface area (Å²) in [6.45, 7) is 2.28. The van der Waals surface area contributed by atoms with Crippen molar-refractivity contribution in [1.29, 1.82) is 0 Å². The van der Waals surface area contributed by atoms with Gasteiger partial charge in [0.15, 0.2) is 0 Å². The van der Waals surface area contributed by atoms with Gasteiger partial charge in [0.05, 0.1) is 10.5 Å². The number of rotatable bonds is 2. The van der Waals surface area contributed by atoms with E-state index in [9.17, 15) is 4.79 Å². The smallest absolute Gasteiger partial charge is 0.374 e. The van der Waals surface area contributed by atoms with Crippen molar-refractivity contribution < 1.29 is 9.53 Å². The highest BCUT2D eigenvalue weighted by atomic mass is 35.5. The Morgan fingerprint density at radius 3 is 3.12 bits per heavy atom. The van der Waals surface area contributed by atoms with Crippen LogP contribution >= 0.6 is 11.6 Å². The number of hydrogen-bond donors (Lipinski definition) is 1. The zero-order valence-corrected chi connectivity index (χ0v) is 9.86. The fourth-order valence-corrected chi connectivity index (χ4v) is 1.53. The monoisotopic (exact) mass is 251 g/mol. The van der Waals surface area contributed by atoms with Crippen molar-refractivity contribution in [3.63, 3.8) is 0 Å². The Labute approximate surface area is 103 Å². The van der Waals surface area contributed by atoms with Crippen LogP contribution in [0.5, 0.6) is 6.01 Å². The van der Waals surface area contributed by atoms with Gasteiger partial charge in [0.1, 0.15) is 0 Å². The number of carbonyl (C=O) groups is 1. The molecule has 0 saturated heterocycles. The molecule has 5 nitrogen and oxygen atoms in total. The lowest BCUT2D eigenvalue weighted by Crippen LogP contribution is -2.26. The lowest BCUT2D eigenvalue weighted by molar-refractivity contribution is 0.197. The molecule has 1 amide bonds. The van der Waals surface area contributed by atoms with Crippen molar-refractivity contribution in [2.75, 3.05) is 6.54 Å². The summed E-state index contributed by atoms with van der Waals surface area (Å²) in [5, 5.41) is 3.77. The first-order chi connectivity index (χ1) is 8.20. The van der Waals surface area contributed by atoms with Crippen molar-refractivity contribution in [3.8, 4) is 6.01 Å². The minimum atomic E-state index is -0.575. The van der Waals surface area contributed by atoms with Crippen LogP contribution in [0.1, 0.15) is 6.92 Å². The normalized spacial score (nSPS) is 10.2. The van der Waals surface area contributed by atoms with Crippen LogP contribution in [0.4, 0.5) is 4.79 Å². The molecular formula is C11H10ClN3O2.